The molecule has 0 spiro atoms. The number of aromatic amines is 1. The molecule has 0 radical (unpaired) electrons. The maximum absolute atomic E-state index is 3.38. The fourth-order valence-electron chi connectivity index (χ4n) is 3.05. The maximum atomic E-state index is 3.38. The summed E-state index contributed by atoms with van der Waals surface area (Å²) in [4.78, 5) is 5.84. The van der Waals surface area contributed by atoms with Gasteiger partial charge in [-0.3, -0.25) is 0 Å². The van der Waals surface area contributed by atoms with Gasteiger partial charge in [0.2, 0.25) is 0 Å². The molecule has 90 valence electrons. The zero-order chi connectivity index (χ0) is 11.7. The molecule has 1 aliphatic heterocycles. The third kappa shape index (κ3) is 2.22. The van der Waals surface area contributed by atoms with E-state index in [2.05, 4.69) is 47.4 Å². The molecular weight excluding hydrogens is 208 g/mol. The summed E-state index contributed by atoms with van der Waals surface area (Å²) in [6.07, 6.45) is 6.14. The minimum absolute atomic E-state index is 0.827. The van der Waals surface area contributed by atoms with Crippen LogP contribution in [0.1, 0.15) is 18.4 Å². The Kier molecular flexibility index (Phi) is 2.89. The smallest absolute Gasteiger partial charge is 0.0456 e. The van der Waals surface area contributed by atoms with Gasteiger partial charge in [0.25, 0.3) is 0 Å². The summed E-state index contributed by atoms with van der Waals surface area (Å²) < 4.78 is 0. The van der Waals surface area contributed by atoms with Crippen molar-refractivity contribution < 1.29 is 0 Å². The van der Waals surface area contributed by atoms with E-state index >= 15 is 0 Å². The van der Waals surface area contributed by atoms with Crippen LogP contribution in [0.4, 0.5) is 0 Å². The van der Waals surface area contributed by atoms with E-state index in [1.165, 1.54) is 48.8 Å². The van der Waals surface area contributed by atoms with Gasteiger partial charge in [0.15, 0.2) is 0 Å². The van der Waals surface area contributed by atoms with Crippen LogP contribution in [0.2, 0.25) is 0 Å². The van der Waals surface area contributed by atoms with Crippen molar-refractivity contribution in [2.24, 2.45) is 5.92 Å². The van der Waals surface area contributed by atoms with Gasteiger partial charge in [-0.25, -0.2) is 0 Å². The number of hydrogen-bond acceptors (Lipinski definition) is 1. The number of nitrogens with zero attached hydrogens (tertiary/aromatic N) is 1. The van der Waals surface area contributed by atoms with Gasteiger partial charge in [-0.1, -0.05) is 18.2 Å². The lowest BCUT2D eigenvalue weighted by Gasteiger charge is -2.29. The first kappa shape index (κ1) is 10.8. The first-order chi connectivity index (χ1) is 8.33. The van der Waals surface area contributed by atoms with Gasteiger partial charge < -0.3 is 9.88 Å². The number of fused-ring (bicyclic) bond motifs is 1. The molecule has 1 saturated heterocycles. The molecule has 2 heteroatoms. The molecule has 1 N–H and O–H groups in total. The molecule has 1 aromatic carbocycles. The van der Waals surface area contributed by atoms with Gasteiger partial charge in [0.05, 0.1) is 0 Å². The van der Waals surface area contributed by atoms with E-state index in [0.29, 0.717) is 0 Å². The van der Waals surface area contributed by atoms with Crippen LogP contribution in [0.5, 0.6) is 0 Å². The summed E-state index contributed by atoms with van der Waals surface area (Å²) in [6, 6.07) is 8.61. The van der Waals surface area contributed by atoms with Crippen LogP contribution >= 0.6 is 0 Å². The molecule has 1 unspecified atom stereocenters. The van der Waals surface area contributed by atoms with E-state index in [1.54, 1.807) is 0 Å². The highest BCUT2D eigenvalue weighted by Crippen LogP contribution is 2.24. The summed E-state index contributed by atoms with van der Waals surface area (Å²) in [5.41, 5.74) is 2.76. The van der Waals surface area contributed by atoms with Crippen LogP contribution in [0, 0.1) is 5.92 Å². The Balaban J connectivity index is 1.80. The van der Waals surface area contributed by atoms with E-state index in [0.717, 1.165) is 5.92 Å². The Morgan fingerprint density at radius 2 is 2.24 bits per heavy atom. The van der Waals surface area contributed by atoms with Gasteiger partial charge in [0, 0.05) is 23.6 Å². The Morgan fingerprint density at radius 1 is 1.35 bits per heavy atom. The van der Waals surface area contributed by atoms with E-state index in [9.17, 15) is 0 Å². The van der Waals surface area contributed by atoms with Gasteiger partial charge in [-0.2, -0.15) is 0 Å². The molecule has 1 fully saturated rings. The monoisotopic (exact) mass is 228 g/mol. The van der Waals surface area contributed by atoms with E-state index < -0.39 is 0 Å². The average Bonchev–Trinajstić information content (AvgIpc) is 2.73. The molecule has 2 nitrogen and oxygen atoms in total. The molecule has 2 heterocycles. The Labute approximate surface area is 103 Å². The Morgan fingerprint density at radius 3 is 3.12 bits per heavy atom. The van der Waals surface area contributed by atoms with Gasteiger partial charge >= 0.3 is 0 Å². The molecule has 1 aromatic heterocycles. The van der Waals surface area contributed by atoms with Crippen molar-refractivity contribution in [1.82, 2.24) is 9.88 Å². The van der Waals surface area contributed by atoms with Crippen LogP contribution in [0.25, 0.3) is 10.9 Å². The number of para-hydroxylation sites is 1. The van der Waals surface area contributed by atoms with Crippen LogP contribution in [0.15, 0.2) is 30.5 Å². The molecule has 0 amide bonds. The predicted octanol–water partition coefficient (Wildman–Crippen LogP) is 3.05. The lowest BCUT2D eigenvalue weighted by molar-refractivity contribution is 0.209. The summed E-state index contributed by atoms with van der Waals surface area (Å²) in [5, 5.41) is 1.40. The minimum atomic E-state index is 0.827. The number of nitrogens with one attached hydrogen (secondary N) is 1. The van der Waals surface area contributed by atoms with Gasteiger partial charge in [-0.15, -0.1) is 0 Å². The highest BCUT2D eigenvalue weighted by molar-refractivity contribution is 5.83. The first-order valence-corrected chi connectivity index (χ1v) is 6.56. The standard InChI is InChI=1S/C15H20N2/c1-17-8-4-5-12(11-17)9-13-10-16-15-7-3-2-6-14(13)15/h2-3,6-7,10,12,16H,4-5,8-9,11H2,1H3. The number of aromatic nitrogens is 1. The van der Waals surface area contributed by atoms with Crippen molar-refractivity contribution >= 4 is 10.9 Å². The lowest BCUT2D eigenvalue weighted by atomic mass is 9.91. The van der Waals surface area contributed by atoms with Crippen LogP contribution in [-0.4, -0.2) is 30.0 Å². The number of hydrogen-bond donors (Lipinski definition) is 1. The zero-order valence-corrected chi connectivity index (χ0v) is 10.4. The largest absolute Gasteiger partial charge is 0.361 e. The van der Waals surface area contributed by atoms with Gasteiger partial charge in [-0.05, 0) is 50.4 Å². The van der Waals surface area contributed by atoms with Crippen molar-refractivity contribution in [3.63, 3.8) is 0 Å². The molecule has 2 aromatic rings. The molecule has 0 saturated carbocycles. The number of H-pyrrole nitrogens is 1. The summed E-state index contributed by atoms with van der Waals surface area (Å²) in [7, 11) is 2.24. The first-order valence-electron chi connectivity index (χ1n) is 6.56. The lowest BCUT2D eigenvalue weighted by Crippen LogP contribution is -2.32. The Bertz CT molecular complexity index is 500. The number of piperidine rings is 1. The molecule has 3 rings (SSSR count). The van der Waals surface area contributed by atoms with Crippen LogP contribution < -0.4 is 0 Å². The highest BCUT2D eigenvalue weighted by Gasteiger charge is 2.18. The van der Waals surface area contributed by atoms with E-state index in [-0.39, 0.29) is 0 Å². The maximum Gasteiger partial charge on any atom is 0.0456 e. The fraction of sp³-hybridized carbons (Fsp3) is 0.467. The van der Waals surface area contributed by atoms with Crippen molar-refractivity contribution in [3.05, 3.63) is 36.0 Å². The van der Waals surface area contributed by atoms with Crippen molar-refractivity contribution in [1.29, 1.82) is 0 Å². The van der Waals surface area contributed by atoms with Crippen LogP contribution in [-0.2, 0) is 6.42 Å². The normalized spacial score (nSPS) is 22.1. The summed E-state index contributed by atoms with van der Waals surface area (Å²) in [6.45, 7) is 2.52. The number of benzene rings is 1. The highest BCUT2D eigenvalue weighted by atomic mass is 15.1. The zero-order valence-electron chi connectivity index (χ0n) is 10.4. The second-order valence-corrected chi connectivity index (χ2v) is 5.33. The molecular formula is C15H20N2. The quantitative estimate of drug-likeness (QED) is 0.837. The van der Waals surface area contributed by atoms with Crippen molar-refractivity contribution in [2.45, 2.75) is 19.3 Å². The molecule has 0 aliphatic carbocycles. The third-order valence-electron chi connectivity index (χ3n) is 3.91. The third-order valence-corrected chi connectivity index (χ3v) is 3.91. The summed E-state index contributed by atoms with van der Waals surface area (Å²) in [5.74, 6) is 0.827. The van der Waals surface area contributed by atoms with Crippen molar-refractivity contribution in [2.75, 3.05) is 20.1 Å². The van der Waals surface area contributed by atoms with E-state index in [4.69, 9.17) is 0 Å². The minimum Gasteiger partial charge on any atom is -0.361 e. The topological polar surface area (TPSA) is 19.0 Å². The number of rotatable bonds is 2. The molecule has 17 heavy (non-hydrogen) atoms. The SMILES string of the molecule is CN1CCCC(Cc2c[nH]c3ccccc23)C1. The Hall–Kier alpha value is -1.28. The van der Waals surface area contributed by atoms with Gasteiger partial charge in [0.1, 0.15) is 0 Å². The molecule has 1 aliphatic rings. The molecule has 1 atom stereocenters. The average molecular weight is 228 g/mol. The second kappa shape index (κ2) is 4.53. The second-order valence-electron chi connectivity index (χ2n) is 5.33. The van der Waals surface area contributed by atoms with Crippen molar-refractivity contribution in [3.8, 4) is 0 Å². The van der Waals surface area contributed by atoms with E-state index in [1.807, 2.05) is 0 Å². The fourth-order valence-corrected chi connectivity index (χ4v) is 3.05. The predicted molar refractivity (Wildman–Crippen MR) is 72.2 cm³/mol. The molecule has 0 bridgehead atoms. The summed E-state index contributed by atoms with van der Waals surface area (Å²) >= 11 is 0. The number of likely N-dealkylation sites (tertiary alicyclic amines) is 1. The van der Waals surface area contributed by atoms with Crippen LogP contribution in [0.3, 0.4) is 0 Å².